The Hall–Kier alpha value is -0.160. The van der Waals surface area contributed by atoms with Crippen molar-refractivity contribution in [3.63, 3.8) is 0 Å². The van der Waals surface area contributed by atoms with E-state index in [4.69, 9.17) is 9.47 Å². The maximum atomic E-state index is 10.1. The van der Waals surface area contributed by atoms with Crippen molar-refractivity contribution in [3.05, 3.63) is 0 Å². The second-order valence-electron chi connectivity index (χ2n) is 7.05. The van der Waals surface area contributed by atoms with Crippen LogP contribution in [0.3, 0.4) is 0 Å². The SMILES string of the molecule is CC(C)(C)OCC(O)CN1CCOC2(CCCC2)C1. The first-order chi connectivity index (χ1) is 8.89. The van der Waals surface area contributed by atoms with Crippen LogP contribution in [0.1, 0.15) is 46.5 Å². The molecule has 1 saturated carbocycles. The van der Waals surface area contributed by atoms with E-state index < -0.39 is 6.10 Å². The highest BCUT2D eigenvalue weighted by molar-refractivity contribution is 4.92. The van der Waals surface area contributed by atoms with Gasteiger partial charge in [-0.15, -0.1) is 0 Å². The van der Waals surface area contributed by atoms with E-state index in [1.165, 1.54) is 25.7 Å². The molecule has 2 rings (SSSR count). The van der Waals surface area contributed by atoms with E-state index in [0.717, 1.165) is 19.7 Å². The van der Waals surface area contributed by atoms with Gasteiger partial charge in [-0.2, -0.15) is 0 Å². The fourth-order valence-corrected chi connectivity index (χ4v) is 3.10. The first-order valence-corrected chi connectivity index (χ1v) is 7.57. The van der Waals surface area contributed by atoms with E-state index in [-0.39, 0.29) is 11.2 Å². The van der Waals surface area contributed by atoms with Crippen molar-refractivity contribution in [2.75, 3.05) is 32.8 Å². The summed E-state index contributed by atoms with van der Waals surface area (Å²) >= 11 is 0. The van der Waals surface area contributed by atoms with E-state index in [1.54, 1.807) is 0 Å². The van der Waals surface area contributed by atoms with Gasteiger partial charge in [-0.25, -0.2) is 0 Å². The van der Waals surface area contributed by atoms with Gasteiger partial charge >= 0.3 is 0 Å². The quantitative estimate of drug-likeness (QED) is 0.847. The van der Waals surface area contributed by atoms with Crippen LogP contribution >= 0.6 is 0 Å². The Bertz CT molecular complexity index is 282. The number of ether oxygens (including phenoxy) is 2. The van der Waals surface area contributed by atoms with Crippen molar-refractivity contribution < 1.29 is 14.6 Å². The zero-order chi connectivity index (χ0) is 13.9. The Morgan fingerprint density at radius 1 is 1.32 bits per heavy atom. The third kappa shape index (κ3) is 4.71. The largest absolute Gasteiger partial charge is 0.389 e. The number of rotatable bonds is 4. The minimum Gasteiger partial charge on any atom is -0.389 e. The van der Waals surface area contributed by atoms with Crippen LogP contribution in [0.2, 0.25) is 0 Å². The monoisotopic (exact) mass is 271 g/mol. The van der Waals surface area contributed by atoms with E-state index in [1.807, 2.05) is 20.8 Å². The van der Waals surface area contributed by atoms with Crippen LogP contribution in [-0.2, 0) is 9.47 Å². The summed E-state index contributed by atoms with van der Waals surface area (Å²) < 4.78 is 11.6. The highest BCUT2D eigenvalue weighted by atomic mass is 16.5. The van der Waals surface area contributed by atoms with Gasteiger partial charge in [0.15, 0.2) is 0 Å². The highest BCUT2D eigenvalue weighted by Crippen LogP contribution is 2.35. The number of hydrogen-bond donors (Lipinski definition) is 1. The lowest BCUT2D eigenvalue weighted by atomic mass is 9.99. The van der Waals surface area contributed by atoms with Crippen LogP contribution in [0.15, 0.2) is 0 Å². The van der Waals surface area contributed by atoms with Gasteiger partial charge in [0, 0.05) is 19.6 Å². The Balaban J connectivity index is 1.75. The molecule has 4 nitrogen and oxygen atoms in total. The van der Waals surface area contributed by atoms with Crippen molar-refractivity contribution in [3.8, 4) is 0 Å². The maximum absolute atomic E-state index is 10.1. The third-order valence-corrected chi connectivity index (χ3v) is 4.02. The molecular formula is C15H29NO3. The molecule has 0 aromatic heterocycles. The summed E-state index contributed by atoms with van der Waals surface area (Å²) in [6.07, 6.45) is 4.51. The number of hydrogen-bond acceptors (Lipinski definition) is 4. The summed E-state index contributed by atoms with van der Waals surface area (Å²) in [5.74, 6) is 0. The molecule has 1 N–H and O–H groups in total. The van der Waals surface area contributed by atoms with Gasteiger partial charge in [0.2, 0.25) is 0 Å². The lowest BCUT2D eigenvalue weighted by molar-refractivity contribution is -0.118. The van der Waals surface area contributed by atoms with E-state index in [9.17, 15) is 5.11 Å². The molecule has 1 atom stereocenters. The number of β-amino-alcohol motifs (C(OH)–C–C–N with tert-alkyl or cyclic N) is 1. The van der Waals surface area contributed by atoms with Crippen molar-refractivity contribution in [2.24, 2.45) is 0 Å². The average molecular weight is 271 g/mol. The molecule has 2 fully saturated rings. The summed E-state index contributed by atoms with van der Waals surface area (Å²) in [4.78, 5) is 2.34. The molecule has 112 valence electrons. The van der Waals surface area contributed by atoms with Crippen LogP contribution in [0.25, 0.3) is 0 Å². The standard InChI is InChI=1S/C15H29NO3/c1-14(2,3)19-11-13(17)10-16-8-9-18-15(12-16)6-4-5-7-15/h13,17H,4-12H2,1-3H3. The molecule has 1 aliphatic carbocycles. The number of aliphatic hydroxyl groups is 1. The van der Waals surface area contributed by atoms with Crippen molar-refractivity contribution in [2.45, 2.75) is 63.8 Å². The zero-order valence-corrected chi connectivity index (χ0v) is 12.7. The molecule has 0 bridgehead atoms. The summed E-state index contributed by atoms with van der Waals surface area (Å²) in [6, 6.07) is 0. The zero-order valence-electron chi connectivity index (χ0n) is 12.7. The Labute approximate surface area is 117 Å². The van der Waals surface area contributed by atoms with Crippen LogP contribution in [0.5, 0.6) is 0 Å². The fourth-order valence-electron chi connectivity index (χ4n) is 3.10. The first kappa shape index (κ1) is 15.2. The van der Waals surface area contributed by atoms with Gasteiger partial charge in [0.25, 0.3) is 0 Å². The molecule has 0 aromatic rings. The number of aliphatic hydroxyl groups excluding tert-OH is 1. The number of nitrogens with zero attached hydrogens (tertiary/aromatic N) is 1. The molecule has 1 saturated heterocycles. The lowest BCUT2D eigenvalue weighted by Crippen LogP contribution is -2.52. The lowest BCUT2D eigenvalue weighted by Gasteiger charge is -2.41. The van der Waals surface area contributed by atoms with Crippen molar-refractivity contribution in [1.29, 1.82) is 0 Å². The van der Waals surface area contributed by atoms with Crippen LogP contribution in [0.4, 0.5) is 0 Å². The van der Waals surface area contributed by atoms with Gasteiger partial charge in [-0.3, -0.25) is 4.90 Å². The molecule has 4 heteroatoms. The topological polar surface area (TPSA) is 41.9 Å². The van der Waals surface area contributed by atoms with Crippen LogP contribution in [-0.4, -0.2) is 60.2 Å². The molecule has 19 heavy (non-hydrogen) atoms. The molecule has 1 unspecified atom stereocenters. The van der Waals surface area contributed by atoms with Crippen LogP contribution in [0, 0.1) is 0 Å². The van der Waals surface area contributed by atoms with Crippen molar-refractivity contribution in [1.82, 2.24) is 4.90 Å². The molecule has 1 spiro atoms. The average Bonchev–Trinajstić information content (AvgIpc) is 2.74. The van der Waals surface area contributed by atoms with E-state index in [2.05, 4.69) is 4.90 Å². The molecule has 1 heterocycles. The number of morpholine rings is 1. The first-order valence-electron chi connectivity index (χ1n) is 7.57. The summed E-state index contributed by atoms with van der Waals surface area (Å²) in [7, 11) is 0. The molecule has 1 aliphatic heterocycles. The summed E-state index contributed by atoms with van der Waals surface area (Å²) in [6.45, 7) is 9.85. The fraction of sp³-hybridized carbons (Fsp3) is 1.00. The molecule has 2 aliphatic rings. The Morgan fingerprint density at radius 2 is 2.00 bits per heavy atom. The second kappa shape index (κ2) is 6.08. The van der Waals surface area contributed by atoms with Gasteiger partial charge in [-0.05, 0) is 33.6 Å². The van der Waals surface area contributed by atoms with E-state index in [0.29, 0.717) is 13.2 Å². The minimum atomic E-state index is -0.407. The normalized spacial score (nSPS) is 25.9. The molecule has 0 aromatic carbocycles. The summed E-state index contributed by atoms with van der Waals surface area (Å²) in [5, 5.41) is 10.1. The smallest absolute Gasteiger partial charge is 0.0900 e. The third-order valence-electron chi connectivity index (χ3n) is 4.02. The maximum Gasteiger partial charge on any atom is 0.0900 e. The Kier molecular flexibility index (Phi) is 4.88. The second-order valence-corrected chi connectivity index (χ2v) is 7.05. The molecule has 0 radical (unpaired) electrons. The van der Waals surface area contributed by atoms with E-state index >= 15 is 0 Å². The highest BCUT2D eigenvalue weighted by Gasteiger charge is 2.39. The van der Waals surface area contributed by atoms with Gasteiger partial charge in [-0.1, -0.05) is 12.8 Å². The predicted molar refractivity (Wildman–Crippen MR) is 75.3 cm³/mol. The summed E-state index contributed by atoms with van der Waals surface area (Å²) in [5.41, 5.74) is -0.0957. The van der Waals surface area contributed by atoms with Gasteiger partial charge in [0.05, 0.1) is 30.5 Å². The minimum absolute atomic E-state index is 0.0862. The van der Waals surface area contributed by atoms with Crippen LogP contribution < -0.4 is 0 Å². The molecular weight excluding hydrogens is 242 g/mol. The van der Waals surface area contributed by atoms with Gasteiger partial charge < -0.3 is 14.6 Å². The van der Waals surface area contributed by atoms with Crippen molar-refractivity contribution >= 4 is 0 Å². The predicted octanol–water partition coefficient (Wildman–Crippen LogP) is 1.81. The molecule has 0 amide bonds. The Morgan fingerprint density at radius 3 is 2.63 bits per heavy atom. The van der Waals surface area contributed by atoms with Gasteiger partial charge in [0.1, 0.15) is 0 Å².